The predicted octanol–water partition coefficient (Wildman–Crippen LogP) is 2.81. The van der Waals surface area contributed by atoms with Gasteiger partial charge < -0.3 is 9.73 Å². The molecule has 0 aliphatic carbocycles. The molecule has 0 radical (unpaired) electrons. The lowest BCUT2D eigenvalue weighted by Crippen LogP contribution is -2.21. The molecule has 0 fully saturated rings. The van der Waals surface area contributed by atoms with Crippen LogP contribution in [0.25, 0.3) is 6.08 Å². The SMILES string of the molecule is CCCCNC(=O)/C=C/c1ccc(I)o1. The summed E-state index contributed by atoms with van der Waals surface area (Å²) in [6, 6.07) is 3.69. The molecule has 1 aromatic heterocycles. The molecular formula is C11H14INO2. The molecule has 4 heteroatoms. The summed E-state index contributed by atoms with van der Waals surface area (Å²) in [7, 11) is 0. The molecule has 82 valence electrons. The maximum Gasteiger partial charge on any atom is 0.244 e. The second kappa shape index (κ2) is 6.66. The first-order valence-electron chi connectivity index (χ1n) is 4.93. The van der Waals surface area contributed by atoms with Gasteiger partial charge in [-0.25, -0.2) is 0 Å². The second-order valence-electron chi connectivity index (χ2n) is 3.12. The minimum Gasteiger partial charge on any atom is -0.451 e. The highest BCUT2D eigenvalue weighted by molar-refractivity contribution is 14.1. The van der Waals surface area contributed by atoms with E-state index in [9.17, 15) is 4.79 Å². The van der Waals surface area contributed by atoms with Crippen LogP contribution in [-0.4, -0.2) is 12.5 Å². The van der Waals surface area contributed by atoms with Crippen LogP contribution in [-0.2, 0) is 4.79 Å². The average Bonchev–Trinajstić information content (AvgIpc) is 2.62. The van der Waals surface area contributed by atoms with Crippen LogP contribution < -0.4 is 5.32 Å². The van der Waals surface area contributed by atoms with Gasteiger partial charge in [-0.05, 0) is 47.2 Å². The van der Waals surface area contributed by atoms with Gasteiger partial charge in [0.05, 0.1) is 0 Å². The average molecular weight is 319 g/mol. The third-order valence-electron chi connectivity index (χ3n) is 1.82. The van der Waals surface area contributed by atoms with E-state index in [1.807, 2.05) is 12.1 Å². The van der Waals surface area contributed by atoms with Crippen molar-refractivity contribution in [3.8, 4) is 0 Å². The van der Waals surface area contributed by atoms with Crippen molar-refractivity contribution in [1.29, 1.82) is 0 Å². The fourth-order valence-electron chi connectivity index (χ4n) is 1.02. The maximum absolute atomic E-state index is 11.3. The summed E-state index contributed by atoms with van der Waals surface area (Å²) < 4.78 is 6.10. The van der Waals surface area contributed by atoms with Crippen LogP contribution in [0.1, 0.15) is 25.5 Å². The molecule has 0 aromatic carbocycles. The minimum absolute atomic E-state index is 0.0742. The molecule has 0 unspecified atom stereocenters. The number of unbranched alkanes of at least 4 members (excludes halogenated alkanes) is 1. The standard InChI is InChI=1S/C11H14INO2/c1-2-3-8-13-11(14)7-5-9-4-6-10(12)15-9/h4-7H,2-3,8H2,1H3,(H,13,14)/b7-5+. The number of carbonyl (C=O) groups is 1. The molecule has 1 amide bonds. The Balaban J connectivity index is 2.34. The number of furan rings is 1. The van der Waals surface area contributed by atoms with Crippen LogP contribution in [0.5, 0.6) is 0 Å². The van der Waals surface area contributed by atoms with Crippen molar-refractivity contribution in [2.45, 2.75) is 19.8 Å². The molecule has 3 nitrogen and oxygen atoms in total. The van der Waals surface area contributed by atoms with Crippen LogP contribution in [0, 0.1) is 3.77 Å². The van der Waals surface area contributed by atoms with Crippen molar-refractivity contribution in [3.05, 3.63) is 27.7 Å². The van der Waals surface area contributed by atoms with E-state index in [1.54, 1.807) is 6.08 Å². The number of hydrogen-bond acceptors (Lipinski definition) is 2. The van der Waals surface area contributed by atoms with E-state index >= 15 is 0 Å². The topological polar surface area (TPSA) is 42.2 Å². The Morgan fingerprint density at radius 1 is 1.60 bits per heavy atom. The van der Waals surface area contributed by atoms with Gasteiger partial charge in [0.15, 0.2) is 3.77 Å². The van der Waals surface area contributed by atoms with Crippen LogP contribution >= 0.6 is 22.6 Å². The highest BCUT2D eigenvalue weighted by Gasteiger charge is 1.96. The van der Waals surface area contributed by atoms with Crippen LogP contribution in [0.15, 0.2) is 22.6 Å². The van der Waals surface area contributed by atoms with Crippen molar-refractivity contribution < 1.29 is 9.21 Å². The Labute approximate surface area is 103 Å². The normalized spacial score (nSPS) is 10.8. The van der Waals surface area contributed by atoms with Gasteiger partial charge >= 0.3 is 0 Å². The first kappa shape index (κ1) is 12.3. The lowest BCUT2D eigenvalue weighted by molar-refractivity contribution is -0.116. The van der Waals surface area contributed by atoms with Crippen molar-refractivity contribution in [1.82, 2.24) is 5.32 Å². The Kier molecular flexibility index (Phi) is 5.45. The molecule has 1 aromatic rings. The van der Waals surface area contributed by atoms with E-state index in [0.29, 0.717) is 5.76 Å². The zero-order valence-corrected chi connectivity index (χ0v) is 10.8. The van der Waals surface area contributed by atoms with Crippen LogP contribution in [0.4, 0.5) is 0 Å². The van der Waals surface area contributed by atoms with Crippen LogP contribution in [0.2, 0.25) is 0 Å². The van der Waals surface area contributed by atoms with E-state index < -0.39 is 0 Å². The third kappa shape index (κ3) is 5.01. The van der Waals surface area contributed by atoms with Crippen molar-refractivity contribution in [2.75, 3.05) is 6.54 Å². The monoisotopic (exact) mass is 319 g/mol. The first-order valence-corrected chi connectivity index (χ1v) is 6.01. The van der Waals surface area contributed by atoms with Crippen molar-refractivity contribution in [3.63, 3.8) is 0 Å². The molecule has 0 saturated carbocycles. The fourth-order valence-corrected chi connectivity index (χ4v) is 1.46. The zero-order chi connectivity index (χ0) is 11.1. The van der Waals surface area contributed by atoms with E-state index in [-0.39, 0.29) is 5.91 Å². The highest BCUT2D eigenvalue weighted by atomic mass is 127. The van der Waals surface area contributed by atoms with Gasteiger partial charge in [-0.1, -0.05) is 13.3 Å². The molecule has 15 heavy (non-hydrogen) atoms. The minimum atomic E-state index is -0.0742. The zero-order valence-electron chi connectivity index (χ0n) is 8.63. The largest absolute Gasteiger partial charge is 0.451 e. The smallest absolute Gasteiger partial charge is 0.244 e. The van der Waals surface area contributed by atoms with Gasteiger partial charge in [0.25, 0.3) is 0 Å². The van der Waals surface area contributed by atoms with Gasteiger partial charge in [-0.3, -0.25) is 4.79 Å². The van der Waals surface area contributed by atoms with E-state index in [1.165, 1.54) is 6.08 Å². The summed E-state index contributed by atoms with van der Waals surface area (Å²) in [5.74, 6) is 0.625. The van der Waals surface area contributed by atoms with Crippen molar-refractivity contribution >= 4 is 34.6 Å². The second-order valence-corrected chi connectivity index (χ2v) is 4.18. The quantitative estimate of drug-likeness (QED) is 0.515. The van der Waals surface area contributed by atoms with Crippen molar-refractivity contribution in [2.24, 2.45) is 0 Å². The molecule has 0 spiro atoms. The summed E-state index contributed by atoms with van der Waals surface area (Å²) in [6.45, 7) is 2.82. The van der Waals surface area contributed by atoms with Gasteiger partial charge in [-0.15, -0.1) is 0 Å². The predicted molar refractivity (Wildman–Crippen MR) is 68.4 cm³/mol. The summed E-state index contributed by atoms with van der Waals surface area (Å²) in [6.07, 6.45) is 5.26. The number of halogens is 1. The number of hydrogen-bond donors (Lipinski definition) is 1. The van der Waals surface area contributed by atoms with E-state index in [4.69, 9.17) is 4.42 Å². The molecule has 0 aliphatic heterocycles. The molecule has 0 atom stereocenters. The molecule has 1 rings (SSSR count). The van der Waals surface area contributed by atoms with Gasteiger partial charge in [0, 0.05) is 12.6 Å². The van der Waals surface area contributed by atoms with Gasteiger partial charge in [0.2, 0.25) is 5.91 Å². The molecule has 0 aliphatic rings. The lowest BCUT2D eigenvalue weighted by atomic mass is 10.3. The molecule has 1 heterocycles. The van der Waals surface area contributed by atoms with Gasteiger partial charge in [0.1, 0.15) is 5.76 Å². The Morgan fingerprint density at radius 3 is 3.00 bits per heavy atom. The summed E-state index contributed by atoms with van der Waals surface area (Å²) in [5.41, 5.74) is 0. The summed E-state index contributed by atoms with van der Waals surface area (Å²) in [4.78, 5) is 11.3. The number of nitrogens with one attached hydrogen (secondary N) is 1. The highest BCUT2D eigenvalue weighted by Crippen LogP contribution is 2.11. The van der Waals surface area contributed by atoms with Gasteiger partial charge in [-0.2, -0.15) is 0 Å². The van der Waals surface area contributed by atoms with E-state index in [2.05, 4.69) is 34.8 Å². The number of carbonyl (C=O) groups excluding carboxylic acids is 1. The Bertz CT molecular complexity index is 344. The summed E-state index contributed by atoms with van der Waals surface area (Å²) in [5, 5.41) is 2.79. The molecule has 1 N–H and O–H groups in total. The lowest BCUT2D eigenvalue weighted by Gasteiger charge is -1.98. The fraction of sp³-hybridized carbons (Fsp3) is 0.364. The Morgan fingerprint density at radius 2 is 2.40 bits per heavy atom. The molecule has 0 saturated heterocycles. The number of rotatable bonds is 5. The number of amides is 1. The van der Waals surface area contributed by atoms with Crippen LogP contribution in [0.3, 0.4) is 0 Å². The summed E-state index contributed by atoms with van der Waals surface area (Å²) >= 11 is 2.08. The van der Waals surface area contributed by atoms with E-state index in [0.717, 1.165) is 23.2 Å². The third-order valence-corrected chi connectivity index (χ3v) is 2.40. The maximum atomic E-state index is 11.3. The Hall–Kier alpha value is -0.780. The first-order chi connectivity index (χ1) is 7.22. The molecule has 0 bridgehead atoms. The molecular weight excluding hydrogens is 305 g/mol.